The highest BCUT2D eigenvalue weighted by Gasteiger charge is 2.19. The Balaban J connectivity index is 1.81. The fourth-order valence-corrected chi connectivity index (χ4v) is 2.77. The minimum atomic E-state index is 0.354. The molecule has 1 aromatic rings. The Kier molecular flexibility index (Phi) is 4.39. The summed E-state index contributed by atoms with van der Waals surface area (Å²) in [5.41, 5.74) is 6.56. The Morgan fingerprint density at radius 2 is 1.89 bits per heavy atom. The number of aryl methyl sites for hydroxylation is 1. The van der Waals surface area contributed by atoms with E-state index in [0.717, 1.165) is 29.9 Å². The monoisotopic (exact) mass is 248 g/mol. The maximum atomic E-state index is 5.64. The van der Waals surface area contributed by atoms with Crippen LogP contribution in [0.25, 0.3) is 0 Å². The number of nitrogens with two attached hydrogens (primary N) is 1. The van der Waals surface area contributed by atoms with Crippen LogP contribution in [0.5, 0.6) is 0 Å². The molecule has 0 aliphatic heterocycles. The molecule has 4 nitrogen and oxygen atoms in total. The number of anilines is 2. The molecule has 100 valence electrons. The molecule has 1 aliphatic rings. The van der Waals surface area contributed by atoms with Crippen LogP contribution in [0.2, 0.25) is 0 Å². The molecule has 1 saturated carbocycles. The van der Waals surface area contributed by atoms with Gasteiger partial charge >= 0.3 is 0 Å². The molecule has 3 N–H and O–H groups in total. The zero-order valence-corrected chi connectivity index (χ0v) is 11.4. The summed E-state index contributed by atoms with van der Waals surface area (Å²) < 4.78 is 0. The molecule has 0 saturated heterocycles. The number of aromatic nitrogens is 2. The molecular weight excluding hydrogens is 224 g/mol. The van der Waals surface area contributed by atoms with Gasteiger partial charge < -0.3 is 11.1 Å². The minimum absolute atomic E-state index is 0.354. The summed E-state index contributed by atoms with van der Waals surface area (Å²) in [4.78, 5) is 8.28. The van der Waals surface area contributed by atoms with E-state index >= 15 is 0 Å². The van der Waals surface area contributed by atoms with Gasteiger partial charge in [-0.15, -0.1) is 0 Å². The topological polar surface area (TPSA) is 63.8 Å². The van der Waals surface area contributed by atoms with E-state index < -0.39 is 0 Å². The molecule has 0 bridgehead atoms. The average Bonchev–Trinajstić information content (AvgIpc) is 2.36. The fraction of sp³-hybridized carbons (Fsp3) is 0.714. The van der Waals surface area contributed by atoms with E-state index in [-0.39, 0.29) is 0 Å². The third-order valence-electron chi connectivity index (χ3n) is 3.99. The molecular formula is C14H24N4. The highest BCUT2D eigenvalue weighted by atomic mass is 15.1. The predicted molar refractivity (Wildman–Crippen MR) is 75.4 cm³/mol. The number of hydrogen-bond donors (Lipinski definition) is 2. The minimum Gasteiger partial charge on any atom is -0.370 e. The quantitative estimate of drug-likeness (QED) is 0.859. The van der Waals surface area contributed by atoms with Crippen LogP contribution in [0.1, 0.15) is 44.7 Å². The van der Waals surface area contributed by atoms with Crippen molar-refractivity contribution in [3.8, 4) is 0 Å². The van der Waals surface area contributed by atoms with Crippen molar-refractivity contribution < 1.29 is 0 Å². The summed E-state index contributed by atoms with van der Waals surface area (Å²) in [6.45, 7) is 5.25. The van der Waals surface area contributed by atoms with Gasteiger partial charge in [-0.05, 0) is 31.6 Å². The average molecular weight is 248 g/mol. The highest BCUT2D eigenvalue weighted by molar-refractivity contribution is 5.40. The third-order valence-corrected chi connectivity index (χ3v) is 3.99. The molecule has 2 rings (SSSR count). The van der Waals surface area contributed by atoms with Gasteiger partial charge in [-0.1, -0.05) is 26.2 Å². The molecule has 0 spiro atoms. The van der Waals surface area contributed by atoms with Crippen LogP contribution in [0.15, 0.2) is 6.07 Å². The maximum Gasteiger partial charge on any atom is 0.222 e. The van der Waals surface area contributed by atoms with Crippen LogP contribution in [0.3, 0.4) is 0 Å². The number of rotatable bonds is 4. The Morgan fingerprint density at radius 1 is 1.22 bits per heavy atom. The SMILES string of the molecule is CCC1CCC(CNc2cc(C)nc(N)n2)CC1. The summed E-state index contributed by atoms with van der Waals surface area (Å²) in [7, 11) is 0. The van der Waals surface area contributed by atoms with E-state index in [1.807, 2.05) is 13.0 Å². The Labute approximate surface area is 109 Å². The van der Waals surface area contributed by atoms with E-state index in [0.29, 0.717) is 5.95 Å². The van der Waals surface area contributed by atoms with Crippen LogP contribution in [0.4, 0.5) is 11.8 Å². The summed E-state index contributed by atoms with van der Waals surface area (Å²) in [5, 5.41) is 3.40. The second-order valence-electron chi connectivity index (χ2n) is 5.43. The van der Waals surface area contributed by atoms with Gasteiger partial charge in [0.15, 0.2) is 0 Å². The van der Waals surface area contributed by atoms with Gasteiger partial charge in [0.25, 0.3) is 0 Å². The van der Waals surface area contributed by atoms with Crippen LogP contribution < -0.4 is 11.1 Å². The van der Waals surface area contributed by atoms with Crippen molar-refractivity contribution in [2.75, 3.05) is 17.6 Å². The van der Waals surface area contributed by atoms with Crippen LogP contribution in [-0.2, 0) is 0 Å². The van der Waals surface area contributed by atoms with Gasteiger partial charge in [-0.2, -0.15) is 4.98 Å². The third kappa shape index (κ3) is 3.59. The lowest BCUT2D eigenvalue weighted by Gasteiger charge is -2.28. The van der Waals surface area contributed by atoms with Crippen LogP contribution >= 0.6 is 0 Å². The van der Waals surface area contributed by atoms with E-state index in [1.165, 1.54) is 32.1 Å². The smallest absolute Gasteiger partial charge is 0.222 e. The Hall–Kier alpha value is -1.32. The van der Waals surface area contributed by atoms with Crippen LogP contribution in [-0.4, -0.2) is 16.5 Å². The van der Waals surface area contributed by atoms with E-state index in [9.17, 15) is 0 Å². The first-order valence-electron chi connectivity index (χ1n) is 7.02. The zero-order valence-electron chi connectivity index (χ0n) is 11.4. The molecule has 0 unspecified atom stereocenters. The molecule has 0 amide bonds. The lowest BCUT2D eigenvalue weighted by Crippen LogP contribution is -2.21. The van der Waals surface area contributed by atoms with Crippen molar-refractivity contribution in [3.05, 3.63) is 11.8 Å². The first-order chi connectivity index (χ1) is 8.67. The molecule has 0 aromatic carbocycles. The standard InChI is InChI=1S/C14H24N4/c1-3-11-4-6-12(7-5-11)9-16-13-8-10(2)17-14(15)18-13/h8,11-12H,3-7,9H2,1-2H3,(H3,15,16,17,18). The highest BCUT2D eigenvalue weighted by Crippen LogP contribution is 2.30. The Bertz CT molecular complexity index is 363. The van der Waals surface area contributed by atoms with Gasteiger partial charge in [0, 0.05) is 18.3 Å². The molecule has 18 heavy (non-hydrogen) atoms. The summed E-state index contributed by atoms with van der Waals surface area (Å²) >= 11 is 0. The van der Waals surface area contributed by atoms with Crippen molar-refractivity contribution in [1.82, 2.24) is 9.97 Å². The number of hydrogen-bond acceptors (Lipinski definition) is 4. The fourth-order valence-electron chi connectivity index (χ4n) is 2.77. The first kappa shape index (κ1) is 13.1. The van der Waals surface area contributed by atoms with Gasteiger partial charge in [0.1, 0.15) is 5.82 Å². The van der Waals surface area contributed by atoms with E-state index in [4.69, 9.17) is 5.73 Å². The molecule has 0 radical (unpaired) electrons. The largest absolute Gasteiger partial charge is 0.370 e. The van der Waals surface area contributed by atoms with Crippen molar-refractivity contribution in [1.29, 1.82) is 0 Å². The van der Waals surface area contributed by atoms with Gasteiger partial charge in [-0.25, -0.2) is 4.98 Å². The van der Waals surface area contributed by atoms with Gasteiger partial charge in [0.2, 0.25) is 5.95 Å². The van der Waals surface area contributed by atoms with Crippen molar-refractivity contribution in [2.24, 2.45) is 11.8 Å². The second-order valence-corrected chi connectivity index (χ2v) is 5.43. The Morgan fingerprint density at radius 3 is 2.50 bits per heavy atom. The van der Waals surface area contributed by atoms with Crippen molar-refractivity contribution >= 4 is 11.8 Å². The van der Waals surface area contributed by atoms with Crippen molar-refractivity contribution in [2.45, 2.75) is 46.0 Å². The lowest BCUT2D eigenvalue weighted by molar-refractivity contribution is 0.278. The second kappa shape index (κ2) is 6.03. The zero-order chi connectivity index (χ0) is 13.0. The van der Waals surface area contributed by atoms with Gasteiger partial charge in [0.05, 0.1) is 0 Å². The van der Waals surface area contributed by atoms with E-state index in [1.54, 1.807) is 0 Å². The predicted octanol–water partition coefficient (Wildman–Crippen LogP) is 3.00. The molecule has 1 fully saturated rings. The van der Waals surface area contributed by atoms with Crippen LogP contribution in [0, 0.1) is 18.8 Å². The number of nitrogen functional groups attached to an aromatic ring is 1. The summed E-state index contributed by atoms with van der Waals surface area (Å²) in [6.07, 6.45) is 6.78. The normalized spacial score (nSPS) is 23.9. The summed E-state index contributed by atoms with van der Waals surface area (Å²) in [5.74, 6) is 2.95. The molecule has 1 aliphatic carbocycles. The number of nitrogens with one attached hydrogen (secondary N) is 1. The first-order valence-corrected chi connectivity index (χ1v) is 7.02. The molecule has 4 heteroatoms. The van der Waals surface area contributed by atoms with E-state index in [2.05, 4.69) is 22.2 Å². The molecule has 1 heterocycles. The van der Waals surface area contributed by atoms with Gasteiger partial charge in [-0.3, -0.25) is 0 Å². The summed E-state index contributed by atoms with van der Waals surface area (Å²) in [6, 6.07) is 1.95. The van der Waals surface area contributed by atoms with Crippen molar-refractivity contribution in [3.63, 3.8) is 0 Å². The lowest BCUT2D eigenvalue weighted by atomic mass is 9.81. The number of nitrogens with zero attached hydrogens (tertiary/aromatic N) is 2. The molecule has 0 atom stereocenters. The molecule has 1 aromatic heterocycles. The maximum absolute atomic E-state index is 5.64.